The molecular formula is C19H16N4O2S2. The van der Waals surface area contributed by atoms with Crippen molar-refractivity contribution in [2.45, 2.75) is 17.1 Å². The molecule has 8 heteroatoms. The maximum Gasteiger partial charge on any atom is 0.234 e. The summed E-state index contributed by atoms with van der Waals surface area (Å²) in [5.74, 6) is 3.21. The molecule has 0 spiro atoms. The van der Waals surface area contributed by atoms with E-state index in [4.69, 9.17) is 14.6 Å². The predicted octanol–water partition coefficient (Wildman–Crippen LogP) is 3.84. The number of nitrogens with zero attached hydrogens (tertiary/aromatic N) is 4. The molecule has 1 aliphatic rings. The number of aromatic nitrogens is 4. The first-order valence-corrected chi connectivity index (χ1v) is 10.4. The number of thioether (sulfide) groups is 1. The molecule has 3 heterocycles. The van der Waals surface area contributed by atoms with E-state index in [9.17, 15) is 0 Å². The van der Waals surface area contributed by atoms with Gasteiger partial charge in [-0.25, -0.2) is 0 Å². The Morgan fingerprint density at radius 1 is 1.00 bits per heavy atom. The van der Waals surface area contributed by atoms with Crippen molar-refractivity contribution < 1.29 is 9.47 Å². The summed E-state index contributed by atoms with van der Waals surface area (Å²) in [6.07, 6.45) is 0.732. The van der Waals surface area contributed by atoms with E-state index < -0.39 is 0 Å². The van der Waals surface area contributed by atoms with Gasteiger partial charge in [0.05, 0.1) is 5.75 Å². The van der Waals surface area contributed by atoms with E-state index in [2.05, 4.69) is 28.4 Å². The summed E-state index contributed by atoms with van der Waals surface area (Å²) in [7, 11) is 0. The van der Waals surface area contributed by atoms with Crippen LogP contribution in [0.4, 0.5) is 0 Å². The minimum Gasteiger partial charge on any atom is -0.486 e. The Hall–Kier alpha value is -2.58. The minimum atomic E-state index is 0.593. The second-order valence-corrected chi connectivity index (χ2v) is 8.15. The largest absolute Gasteiger partial charge is 0.486 e. The van der Waals surface area contributed by atoms with E-state index >= 15 is 0 Å². The molecule has 0 unspecified atom stereocenters. The van der Waals surface area contributed by atoms with Gasteiger partial charge in [0.1, 0.15) is 18.2 Å². The van der Waals surface area contributed by atoms with Crippen molar-refractivity contribution in [3.63, 3.8) is 0 Å². The number of hydrogen-bond acceptors (Lipinski definition) is 7. The fourth-order valence-corrected chi connectivity index (χ4v) is 4.61. The highest BCUT2D eigenvalue weighted by molar-refractivity contribution is 7.98. The number of rotatable bonds is 5. The molecule has 0 saturated carbocycles. The first-order chi connectivity index (χ1) is 13.3. The lowest BCUT2D eigenvalue weighted by Crippen LogP contribution is -2.15. The Kier molecular flexibility index (Phi) is 4.43. The van der Waals surface area contributed by atoms with Gasteiger partial charge in [-0.2, -0.15) is 9.61 Å². The van der Waals surface area contributed by atoms with E-state index in [0.29, 0.717) is 13.2 Å². The molecule has 2 aromatic carbocycles. The van der Waals surface area contributed by atoms with Crippen molar-refractivity contribution in [2.75, 3.05) is 13.2 Å². The predicted molar refractivity (Wildman–Crippen MR) is 105 cm³/mol. The molecular weight excluding hydrogens is 380 g/mol. The molecule has 0 bridgehead atoms. The second-order valence-electron chi connectivity index (χ2n) is 6.06. The molecule has 0 atom stereocenters. The maximum atomic E-state index is 5.67. The summed E-state index contributed by atoms with van der Waals surface area (Å²) < 4.78 is 13.1. The van der Waals surface area contributed by atoms with Crippen LogP contribution < -0.4 is 9.47 Å². The number of ether oxygens (including phenoxy) is 2. The van der Waals surface area contributed by atoms with Gasteiger partial charge in [-0.05, 0) is 29.8 Å². The van der Waals surface area contributed by atoms with Crippen molar-refractivity contribution in [3.8, 4) is 11.5 Å². The molecule has 136 valence electrons. The lowest BCUT2D eigenvalue weighted by Gasteiger charge is -2.18. The third-order valence-corrected chi connectivity index (χ3v) is 6.08. The molecule has 4 aromatic rings. The first-order valence-electron chi connectivity index (χ1n) is 8.61. The van der Waals surface area contributed by atoms with Crippen LogP contribution in [0.15, 0.2) is 53.4 Å². The molecule has 0 saturated heterocycles. The standard InChI is InChI=1S/C19H16N4O2S2/c1-2-4-14(5-3-1)26-12-17-20-21-19-23(17)22-18(27-19)11-13-6-7-15-16(10-13)25-9-8-24-15/h1-7,10H,8-9,11-12H2. The normalized spacial score (nSPS) is 13.2. The first kappa shape index (κ1) is 16.6. The molecule has 0 radical (unpaired) electrons. The van der Waals surface area contributed by atoms with Crippen molar-refractivity contribution in [1.29, 1.82) is 0 Å². The van der Waals surface area contributed by atoms with Crippen LogP contribution in [0.25, 0.3) is 4.96 Å². The van der Waals surface area contributed by atoms with Crippen LogP contribution in [0.2, 0.25) is 0 Å². The van der Waals surface area contributed by atoms with Gasteiger partial charge in [0.2, 0.25) is 4.96 Å². The van der Waals surface area contributed by atoms with E-state index in [1.54, 1.807) is 23.1 Å². The smallest absolute Gasteiger partial charge is 0.234 e. The zero-order chi connectivity index (χ0) is 18.1. The fraction of sp³-hybridized carbons (Fsp3) is 0.211. The molecule has 2 aromatic heterocycles. The summed E-state index contributed by atoms with van der Waals surface area (Å²) in [6, 6.07) is 16.3. The van der Waals surface area contributed by atoms with Gasteiger partial charge in [-0.15, -0.1) is 22.0 Å². The van der Waals surface area contributed by atoms with Gasteiger partial charge >= 0.3 is 0 Å². The molecule has 1 aliphatic heterocycles. The quantitative estimate of drug-likeness (QED) is 0.478. The van der Waals surface area contributed by atoms with E-state index in [0.717, 1.165) is 45.0 Å². The molecule has 27 heavy (non-hydrogen) atoms. The Balaban J connectivity index is 1.34. The Morgan fingerprint density at radius 2 is 1.85 bits per heavy atom. The topological polar surface area (TPSA) is 61.5 Å². The zero-order valence-corrected chi connectivity index (χ0v) is 16.0. The zero-order valence-electron chi connectivity index (χ0n) is 14.4. The molecule has 0 fully saturated rings. The lowest BCUT2D eigenvalue weighted by molar-refractivity contribution is 0.171. The number of hydrogen-bond donors (Lipinski definition) is 0. The van der Waals surface area contributed by atoms with Gasteiger partial charge in [-0.1, -0.05) is 35.6 Å². The average Bonchev–Trinajstić information content (AvgIpc) is 3.27. The SMILES string of the molecule is c1ccc(SCc2nnc3sc(Cc4ccc5c(c4)OCCO5)nn23)cc1. The van der Waals surface area contributed by atoms with Crippen LogP contribution in [0.3, 0.4) is 0 Å². The fourth-order valence-electron chi connectivity index (χ4n) is 2.90. The molecule has 0 amide bonds. The van der Waals surface area contributed by atoms with Gasteiger partial charge in [-0.3, -0.25) is 0 Å². The van der Waals surface area contributed by atoms with Crippen LogP contribution in [-0.4, -0.2) is 33.0 Å². The summed E-state index contributed by atoms with van der Waals surface area (Å²) >= 11 is 3.30. The molecule has 5 rings (SSSR count). The third kappa shape index (κ3) is 3.50. The summed E-state index contributed by atoms with van der Waals surface area (Å²) in [6.45, 7) is 1.20. The van der Waals surface area contributed by atoms with E-state index in [1.807, 2.05) is 34.8 Å². The van der Waals surface area contributed by atoms with Gasteiger partial charge in [0.15, 0.2) is 17.3 Å². The van der Waals surface area contributed by atoms with E-state index in [-0.39, 0.29) is 0 Å². The van der Waals surface area contributed by atoms with Gasteiger partial charge < -0.3 is 9.47 Å². The Bertz CT molecular complexity index is 1080. The Labute approximate surface area is 164 Å². The highest BCUT2D eigenvalue weighted by Crippen LogP contribution is 2.32. The van der Waals surface area contributed by atoms with Crippen molar-refractivity contribution in [2.24, 2.45) is 0 Å². The van der Waals surface area contributed by atoms with Gasteiger partial charge in [0.25, 0.3) is 0 Å². The van der Waals surface area contributed by atoms with Crippen molar-refractivity contribution in [3.05, 3.63) is 64.9 Å². The summed E-state index contributed by atoms with van der Waals surface area (Å²) in [5.41, 5.74) is 1.14. The van der Waals surface area contributed by atoms with Crippen LogP contribution in [0.1, 0.15) is 16.4 Å². The van der Waals surface area contributed by atoms with Gasteiger partial charge in [0, 0.05) is 11.3 Å². The number of fused-ring (bicyclic) bond motifs is 2. The maximum absolute atomic E-state index is 5.67. The van der Waals surface area contributed by atoms with Crippen LogP contribution in [0, 0.1) is 0 Å². The van der Waals surface area contributed by atoms with Crippen LogP contribution in [0.5, 0.6) is 11.5 Å². The van der Waals surface area contributed by atoms with Crippen LogP contribution in [-0.2, 0) is 12.2 Å². The minimum absolute atomic E-state index is 0.593. The Morgan fingerprint density at radius 3 is 2.74 bits per heavy atom. The molecule has 6 nitrogen and oxygen atoms in total. The molecule has 0 N–H and O–H groups in total. The molecule has 0 aliphatic carbocycles. The summed E-state index contributed by atoms with van der Waals surface area (Å²) in [5, 5.41) is 14.3. The highest BCUT2D eigenvalue weighted by atomic mass is 32.2. The van der Waals surface area contributed by atoms with Crippen LogP contribution >= 0.6 is 23.1 Å². The lowest BCUT2D eigenvalue weighted by atomic mass is 10.1. The monoisotopic (exact) mass is 396 g/mol. The average molecular weight is 396 g/mol. The van der Waals surface area contributed by atoms with Crippen molar-refractivity contribution in [1.82, 2.24) is 19.8 Å². The number of benzene rings is 2. The van der Waals surface area contributed by atoms with Crippen molar-refractivity contribution >= 4 is 28.1 Å². The second kappa shape index (κ2) is 7.21. The third-order valence-electron chi connectivity index (χ3n) is 4.17. The highest BCUT2D eigenvalue weighted by Gasteiger charge is 2.15. The van der Waals surface area contributed by atoms with E-state index in [1.165, 1.54) is 4.90 Å². The summed E-state index contributed by atoms with van der Waals surface area (Å²) in [4.78, 5) is 2.03.